The average molecular weight is 409 g/mol. The van der Waals surface area contributed by atoms with E-state index in [9.17, 15) is 14.4 Å². The molecule has 1 aliphatic heterocycles. The lowest BCUT2D eigenvalue weighted by molar-refractivity contribution is -0.166. The molecule has 1 fully saturated rings. The third-order valence-electron chi connectivity index (χ3n) is 4.14. The van der Waals surface area contributed by atoms with Crippen LogP contribution in [0.5, 0.6) is 0 Å². The highest BCUT2D eigenvalue weighted by atomic mass is 32.1. The topological polar surface area (TPSA) is 122 Å². The fourth-order valence-corrected chi connectivity index (χ4v) is 3.34. The Morgan fingerprint density at radius 3 is 2.50 bits per heavy atom. The van der Waals surface area contributed by atoms with E-state index in [0.29, 0.717) is 15.7 Å². The van der Waals surface area contributed by atoms with Gasteiger partial charge < -0.3 is 28.5 Å². The van der Waals surface area contributed by atoms with Crippen LogP contribution in [0, 0.1) is 4.64 Å². The van der Waals surface area contributed by atoms with E-state index < -0.39 is 42.4 Å². The van der Waals surface area contributed by atoms with Gasteiger partial charge >= 0.3 is 17.9 Å². The third kappa shape index (κ3) is 4.04. The molecule has 0 bridgehead atoms. The summed E-state index contributed by atoms with van der Waals surface area (Å²) in [4.78, 5) is 41.5. The van der Waals surface area contributed by atoms with E-state index in [-0.39, 0.29) is 6.61 Å². The Labute approximate surface area is 164 Å². The largest absolute Gasteiger partial charge is 0.463 e. The molecule has 1 aliphatic rings. The van der Waals surface area contributed by atoms with Crippen molar-refractivity contribution in [2.24, 2.45) is 0 Å². The molecule has 0 radical (unpaired) electrons. The van der Waals surface area contributed by atoms with Crippen LogP contribution in [0.3, 0.4) is 0 Å². The van der Waals surface area contributed by atoms with Crippen molar-refractivity contribution in [3.8, 4) is 0 Å². The van der Waals surface area contributed by atoms with E-state index >= 15 is 0 Å². The Kier molecular flexibility index (Phi) is 5.75. The molecule has 2 aromatic rings. The number of rotatable bonds is 5. The van der Waals surface area contributed by atoms with E-state index in [0.717, 1.165) is 0 Å². The second kappa shape index (κ2) is 8.07. The van der Waals surface area contributed by atoms with Gasteiger partial charge in [0.25, 0.3) is 0 Å². The second-order valence-corrected chi connectivity index (χ2v) is 6.60. The number of esters is 3. The minimum Gasteiger partial charge on any atom is -0.463 e. The van der Waals surface area contributed by atoms with Gasteiger partial charge in [0.15, 0.2) is 18.4 Å². The molecule has 0 aliphatic carbocycles. The molecular weight excluding hydrogens is 390 g/mol. The minimum absolute atomic E-state index is 0.168. The van der Waals surface area contributed by atoms with Crippen molar-refractivity contribution >= 4 is 41.2 Å². The number of ether oxygens (including phenoxy) is 4. The van der Waals surface area contributed by atoms with Crippen molar-refractivity contribution < 1.29 is 33.3 Å². The van der Waals surface area contributed by atoms with Crippen LogP contribution >= 0.6 is 12.2 Å². The van der Waals surface area contributed by atoms with Crippen molar-refractivity contribution in [3.63, 3.8) is 0 Å². The summed E-state index contributed by atoms with van der Waals surface area (Å²) in [6.45, 7) is 3.56. The molecule has 0 saturated carbocycles. The molecule has 3 heterocycles. The van der Waals surface area contributed by atoms with E-state index in [2.05, 4.69) is 9.97 Å². The number of carbonyl (C=O) groups is 3. The zero-order valence-electron chi connectivity index (χ0n) is 15.4. The van der Waals surface area contributed by atoms with Crippen LogP contribution in [-0.4, -0.2) is 57.4 Å². The number of hydrogen-bond donors (Lipinski definition) is 1. The number of hydrogen-bond acceptors (Lipinski definition) is 9. The predicted octanol–water partition coefficient (Wildman–Crippen LogP) is 1.42. The average Bonchev–Trinajstić information content (AvgIpc) is 3.16. The van der Waals surface area contributed by atoms with Crippen molar-refractivity contribution in [3.05, 3.63) is 23.2 Å². The molecule has 2 aromatic heterocycles. The Morgan fingerprint density at radius 2 is 1.86 bits per heavy atom. The van der Waals surface area contributed by atoms with E-state index in [1.54, 1.807) is 16.8 Å². The summed E-state index contributed by atoms with van der Waals surface area (Å²) in [7, 11) is 0. The number of aromatic nitrogens is 3. The summed E-state index contributed by atoms with van der Waals surface area (Å²) in [5.41, 5.74) is 0.594. The summed E-state index contributed by atoms with van der Waals surface area (Å²) < 4.78 is 23.8. The van der Waals surface area contributed by atoms with Crippen molar-refractivity contribution in [1.29, 1.82) is 0 Å². The van der Waals surface area contributed by atoms with Crippen molar-refractivity contribution in [2.45, 2.75) is 45.3 Å². The number of nitrogens with zero attached hydrogens (tertiary/aromatic N) is 2. The van der Waals surface area contributed by atoms with Crippen LogP contribution < -0.4 is 0 Å². The zero-order chi connectivity index (χ0) is 20.4. The molecule has 0 unspecified atom stereocenters. The van der Waals surface area contributed by atoms with Gasteiger partial charge in [-0.2, -0.15) is 0 Å². The lowest BCUT2D eigenvalue weighted by Gasteiger charge is -2.24. The molecule has 28 heavy (non-hydrogen) atoms. The highest BCUT2D eigenvalue weighted by Gasteiger charge is 2.50. The van der Waals surface area contributed by atoms with Crippen molar-refractivity contribution in [1.82, 2.24) is 14.5 Å². The minimum atomic E-state index is -0.965. The highest BCUT2D eigenvalue weighted by molar-refractivity contribution is 7.71. The SMILES string of the molecule is CC(=O)OC[C@H]1O[C@@H](n2ccc3c(=S)nc[nH]c32)[C@@H](OC(C)=O)[C@@H]1OC(C)=O. The van der Waals surface area contributed by atoms with Crippen LogP contribution in [0.15, 0.2) is 18.6 Å². The quantitative estimate of drug-likeness (QED) is 0.444. The van der Waals surface area contributed by atoms with Crippen LogP contribution in [0.1, 0.15) is 27.0 Å². The monoisotopic (exact) mass is 409 g/mol. The van der Waals surface area contributed by atoms with Gasteiger partial charge in [0, 0.05) is 27.0 Å². The summed E-state index contributed by atoms with van der Waals surface area (Å²) in [6, 6.07) is 1.75. The summed E-state index contributed by atoms with van der Waals surface area (Å²) in [5.74, 6) is -1.67. The number of carbonyl (C=O) groups excluding carboxylic acids is 3. The highest BCUT2D eigenvalue weighted by Crippen LogP contribution is 2.36. The maximum Gasteiger partial charge on any atom is 0.303 e. The van der Waals surface area contributed by atoms with Gasteiger partial charge in [0.1, 0.15) is 23.0 Å². The van der Waals surface area contributed by atoms with Gasteiger partial charge in [-0.3, -0.25) is 14.4 Å². The smallest absolute Gasteiger partial charge is 0.303 e. The van der Waals surface area contributed by atoms with Crippen LogP contribution in [0.2, 0.25) is 0 Å². The number of H-pyrrole nitrogens is 1. The molecule has 0 amide bonds. The molecule has 10 nitrogen and oxygen atoms in total. The van der Waals surface area contributed by atoms with E-state index in [1.807, 2.05) is 0 Å². The van der Waals surface area contributed by atoms with Crippen molar-refractivity contribution in [2.75, 3.05) is 6.61 Å². The van der Waals surface area contributed by atoms with E-state index in [4.69, 9.17) is 31.2 Å². The summed E-state index contributed by atoms with van der Waals surface area (Å²) in [6.07, 6.45) is -0.472. The molecule has 0 aromatic carbocycles. The zero-order valence-corrected chi connectivity index (χ0v) is 16.2. The molecule has 150 valence electrons. The lowest BCUT2D eigenvalue weighted by atomic mass is 10.1. The molecule has 3 rings (SSSR count). The molecule has 1 saturated heterocycles. The lowest BCUT2D eigenvalue weighted by Crippen LogP contribution is -2.40. The fourth-order valence-electron chi connectivity index (χ4n) is 3.12. The van der Waals surface area contributed by atoms with Gasteiger partial charge in [0.2, 0.25) is 0 Å². The Morgan fingerprint density at radius 1 is 1.18 bits per heavy atom. The fraction of sp³-hybridized carbons (Fsp3) is 0.471. The number of aromatic amines is 1. The first-order chi connectivity index (χ1) is 13.3. The third-order valence-corrected chi connectivity index (χ3v) is 4.47. The second-order valence-electron chi connectivity index (χ2n) is 6.21. The van der Waals surface area contributed by atoms with Crippen LogP contribution in [0.25, 0.3) is 11.0 Å². The van der Waals surface area contributed by atoms with Gasteiger partial charge in [-0.15, -0.1) is 0 Å². The Balaban J connectivity index is 2.02. The predicted molar refractivity (Wildman–Crippen MR) is 96.6 cm³/mol. The van der Waals surface area contributed by atoms with Gasteiger partial charge in [-0.05, 0) is 6.07 Å². The molecule has 0 spiro atoms. The van der Waals surface area contributed by atoms with Gasteiger partial charge in [-0.25, -0.2) is 4.98 Å². The standard InChI is InChI=1S/C17H19N3O7S/c1-8(21)24-6-12-13(25-9(2)22)14(26-10(3)23)17(27-12)20-5-4-11-15(20)18-7-19-16(11)28/h4-5,7,12-14,17H,6H2,1-3H3,(H,18,19,28)/t12-,13-,14+,17-/m1/s1. The molecule has 1 N–H and O–H groups in total. The Bertz CT molecular complexity index is 969. The van der Waals surface area contributed by atoms with Gasteiger partial charge in [0.05, 0.1) is 11.7 Å². The normalized spacial score (nSPS) is 24.1. The number of nitrogens with one attached hydrogen (secondary N) is 1. The Hall–Kier alpha value is -2.79. The molecular formula is C17H19N3O7S. The first-order valence-electron chi connectivity index (χ1n) is 8.45. The molecule has 11 heteroatoms. The first-order valence-corrected chi connectivity index (χ1v) is 8.86. The summed E-state index contributed by atoms with van der Waals surface area (Å²) in [5, 5.41) is 0.676. The van der Waals surface area contributed by atoms with Crippen LogP contribution in [-0.2, 0) is 33.3 Å². The maximum atomic E-state index is 11.7. The molecule has 4 atom stereocenters. The van der Waals surface area contributed by atoms with E-state index in [1.165, 1.54) is 27.1 Å². The summed E-state index contributed by atoms with van der Waals surface area (Å²) >= 11 is 5.22. The number of fused-ring (bicyclic) bond motifs is 1. The van der Waals surface area contributed by atoms with Crippen LogP contribution in [0.4, 0.5) is 0 Å². The maximum absolute atomic E-state index is 11.7. The first kappa shape index (κ1) is 20.0. The van der Waals surface area contributed by atoms with Gasteiger partial charge in [-0.1, -0.05) is 12.2 Å².